The number of methoxy groups -OCH3 is 1. The van der Waals surface area contributed by atoms with Gasteiger partial charge in [0.1, 0.15) is 5.75 Å². The lowest BCUT2D eigenvalue weighted by molar-refractivity contribution is 0.207. The van der Waals surface area contributed by atoms with Crippen LogP contribution in [0, 0.1) is 6.92 Å². The first-order valence-corrected chi connectivity index (χ1v) is 8.44. The maximum Gasteiger partial charge on any atom is 0.322 e. The highest BCUT2D eigenvalue weighted by atomic mass is 35.5. The Morgan fingerprint density at radius 2 is 2.00 bits per heavy atom. The monoisotopic (exact) mass is 344 g/mol. The van der Waals surface area contributed by atoms with Crippen LogP contribution in [0.2, 0.25) is 5.02 Å². The van der Waals surface area contributed by atoms with E-state index in [2.05, 4.69) is 5.32 Å². The number of hydrogen-bond donors (Lipinski definition) is 1. The molecule has 1 aliphatic heterocycles. The largest absolute Gasteiger partial charge is 0.497 e. The third-order valence-corrected chi connectivity index (χ3v) is 4.69. The fourth-order valence-electron chi connectivity index (χ4n) is 3.10. The summed E-state index contributed by atoms with van der Waals surface area (Å²) in [5.74, 6) is 0.822. The topological polar surface area (TPSA) is 41.6 Å². The fraction of sp³-hybridized carbons (Fsp3) is 0.316. The Morgan fingerprint density at radius 1 is 1.25 bits per heavy atom. The molecular weight excluding hydrogens is 324 g/mol. The molecule has 0 saturated carbocycles. The molecule has 24 heavy (non-hydrogen) atoms. The zero-order valence-corrected chi connectivity index (χ0v) is 14.6. The molecule has 2 aromatic rings. The third kappa shape index (κ3) is 3.49. The molecule has 0 unspecified atom stereocenters. The van der Waals surface area contributed by atoms with E-state index in [9.17, 15) is 4.79 Å². The predicted molar refractivity (Wildman–Crippen MR) is 96.9 cm³/mol. The van der Waals surface area contributed by atoms with E-state index in [-0.39, 0.29) is 12.1 Å². The lowest BCUT2D eigenvalue weighted by Crippen LogP contribution is -2.34. The molecule has 1 fully saturated rings. The van der Waals surface area contributed by atoms with Crippen LogP contribution in [0.4, 0.5) is 10.5 Å². The minimum Gasteiger partial charge on any atom is -0.497 e. The van der Waals surface area contributed by atoms with Crippen molar-refractivity contribution in [1.82, 2.24) is 4.90 Å². The van der Waals surface area contributed by atoms with Gasteiger partial charge >= 0.3 is 6.03 Å². The first-order chi connectivity index (χ1) is 11.6. The van der Waals surface area contributed by atoms with Gasteiger partial charge in [-0.25, -0.2) is 4.79 Å². The van der Waals surface area contributed by atoms with Crippen molar-refractivity contribution < 1.29 is 9.53 Å². The van der Waals surface area contributed by atoms with Crippen molar-refractivity contribution in [2.45, 2.75) is 25.8 Å². The molecule has 1 aliphatic rings. The highest BCUT2D eigenvalue weighted by Crippen LogP contribution is 2.33. The fourth-order valence-corrected chi connectivity index (χ4v) is 3.27. The minimum absolute atomic E-state index is 0.0846. The van der Waals surface area contributed by atoms with Gasteiger partial charge in [0.25, 0.3) is 0 Å². The van der Waals surface area contributed by atoms with Gasteiger partial charge in [-0.15, -0.1) is 0 Å². The van der Waals surface area contributed by atoms with E-state index in [4.69, 9.17) is 16.3 Å². The van der Waals surface area contributed by atoms with E-state index in [0.717, 1.165) is 42.0 Å². The van der Waals surface area contributed by atoms with Gasteiger partial charge in [-0.2, -0.15) is 0 Å². The summed E-state index contributed by atoms with van der Waals surface area (Å²) in [4.78, 5) is 14.6. The number of ether oxygens (including phenoxy) is 1. The molecule has 3 rings (SSSR count). The van der Waals surface area contributed by atoms with Gasteiger partial charge in [0.05, 0.1) is 13.2 Å². The van der Waals surface area contributed by atoms with E-state index >= 15 is 0 Å². The summed E-state index contributed by atoms with van der Waals surface area (Å²) in [6.07, 6.45) is 1.97. The van der Waals surface area contributed by atoms with Gasteiger partial charge in [0, 0.05) is 17.3 Å². The summed E-state index contributed by atoms with van der Waals surface area (Å²) >= 11 is 6.04. The molecular formula is C19H21ClN2O2. The van der Waals surface area contributed by atoms with Crippen LogP contribution < -0.4 is 10.1 Å². The Bertz CT molecular complexity index is 731. The van der Waals surface area contributed by atoms with Gasteiger partial charge in [-0.3, -0.25) is 0 Å². The van der Waals surface area contributed by atoms with Crippen molar-refractivity contribution in [2.24, 2.45) is 0 Å². The van der Waals surface area contributed by atoms with Crippen molar-refractivity contribution in [3.05, 3.63) is 58.6 Å². The van der Waals surface area contributed by atoms with Gasteiger partial charge < -0.3 is 15.0 Å². The zero-order valence-electron chi connectivity index (χ0n) is 13.9. The second kappa shape index (κ2) is 7.14. The second-order valence-electron chi connectivity index (χ2n) is 6.01. The van der Waals surface area contributed by atoms with Crippen LogP contribution in [0.5, 0.6) is 5.75 Å². The van der Waals surface area contributed by atoms with Crippen LogP contribution >= 0.6 is 11.6 Å². The van der Waals surface area contributed by atoms with Crippen molar-refractivity contribution in [3.8, 4) is 5.75 Å². The maximum atomic E-state index is 12.7. The molecule has 4 nitrogen and oxygen atoms in total. The van der Waals surface area contributed by atoms with Crippen LogP contribution in [0.15, 0.2) is 42.5 Å². The van der Waals surface area contributed by atoms with Crippen molar-refractivity contribution >= 4 is 23.3 Å². The number of halogens is 1. The number of carbonyl (C=O) groups is 1. The highest BCUT2D eigenvalue weighted by Gasteiger charge is 2.30. The van der Waals surface area contributed by atoms with Gasteiger partial charge in [-0.1, -0.05) is 29.8 Å². The van der Waals surface area contributed by atoms with Crippen LogP contribution in [0.25, 0.3) is 0 Å². The summed E-state index contributed by atoms with van der Waals surface area (Å²) in [5.41, 5.74) is 2.88. The molecule has 0 bridgehead atoms. The van der Waals surface area contributed by atoms with E-state index in [1.54, 1.807) is 13.2 Å². The molecule has 1 heterocycles. The zero-order chi connectivity index (χ0) is 17.1. The molecule has 0 aromatic heterocycles. The number of urea groups is 1. The number of nitrogens with one attached hydrogen (secondary N) is 1. The summed E-state index contributed by atoms with van der Waals surface area (Å²) in [7, 11) is 1.65. The normalized spacial score (nSPS) is 17.0. The summed E-state index contributed by atoms with van der Waals surface area (Å²) in [5, 5.41) is 3.61. The van der Waals surface area contributed by atoms with Crippen molar-refractivity contribution in [2.75, 3.05) is 19.0 Å². The lowest BCUT2D eigenvalue weighted by atomic mass is 10.0. The molecule has 1 saturated heterocycles. The Hall–Kier alpha value is -2.20. The van der Waals surface area contributed by atoms with E-state index in [1.807, 2.05) is 48.2 Å². The molecule has 2 aromatic carbocycles. The molecule has 0 aliphatic carbocycles. The molecule has 5 heteroatoms. The number of amides is 2. The molecule has 0 spiro atoms. The maximum absolute atomic E-state index is 12.7. The number of benzene rings is 2. The Balaban J connectivity index is 1.76. The second-order valence-corrected chi connectivity index (χ2v) is 6.45. The van der Waals surface area contributed by atoms with Crippen LogP contribution in [-0.2, 0) is 0 Å². The number of aryl methyl sites for hydroxylation is 1. The number of likely N-dealkylation sites (tertiary alicyclic amines) is 1. The van der Waals surface area contributed by atoms with Crippen LogP contribution in [0.1, 0.15) is 30.0 Å². The van der Waals surface area contributed by atoms with E-state index in [1.165, 1.54) is 0 Å². The SMILES string of the molecule is COc1ccc([C@@H]2CCCN2C(=O)Nc2cc(Cl)ccc2C)cc1. The average molecular weight is 345 g/mol. The van der Waals surface area contributed by atoms with Gasteiger partial charge in [0.2, 0.25) is 0 Å². The standard InChI is InChI=1S/C19H21ClN2O2/c1-13-5-8-15(20)12-17(13)21-19(23)22-11-3-4-18(22)14-6-9-16(24-2)10-7-14/h5-10,12,18H,3-4,11H2,1-2H3,(H,21,23)/t18-/m0/s1. The molecule has 2 amide bonds. The number of anilines is 1. The average Bonchev–Trinajstić information content (AvgIpc) is 3.08. The molecule has 126 valence electrons. The summed E-state index contributed by atoms with van der Waals surface area (Å²) < 4.78 is 5.20. The summed E-state index contributed by atoms with van der Waals surface area (Å²) in [6.45, 7) is 2.71. The van der Waals surface area contributed by atoms with Gasteiger partial charge in [-0.05, 0) is 55.2 Å². The molecule has 0 radical (unpaired) electrons. The van der Waals surface area contributed by atoms with Crippen LogP contribution in [-0.4, -0.2) is 24.6 Å². The first-order valence-electron chi connectivity index (χ1n) is 8.06. The highest BCUT2D eigenvalue weighted by molar-refractivity contribution is 6.31. The lowest BCUT2D eigenvalue weighted by Gasteiger charge is -2.26. The number of rotatable bonds is 3. The molecule has 1 N–H and O–H groups in total. The van der Waals surface area contributed by atoms with E-state index in [0.29, 0.717) is 5.02 Å². The predicted octanol–water partition coefficient (Wildman–Crippen LogP) is 5.03. The minimum atomic E-state index is -0.0846. The van der Waals surface area contributed by atoms with Gasteiger partial charge in [0.15, 0.2) is 0 Å². The van der Waals surface area contributed by atoms with Crippen molar-refractivity contribution in [1.29, 1.82) is 0 Å². The van der Waals surface area contributed by atoms with Crippen LogP contribution in [0.3, 0.4) is 0 Å². The quantitative estimate of drug-likeness (QED) is 0.848. The Morgan fingerprint density at radius 3 is 2.71 bits per heavy atom. The number of carbonyl (C=O) groups excluding carboxylic acids is 1. The van der Waals surface area contributed by atoms with E-state index < -0.39 is 0 Å². The first kappa shape index (κ1) is 16.7. The van der Waals surface area contributed by atoms with Crippen molar-refractivity contribution in [3.63, 3.8) is 0 Å². The Labute approximate surface area is 147 Å². The third-order valence-electron chi connectivity index (χ3n) is 4.46. The smallest absolute Gasteiger partial charge is 0.322 e. The summed E-state index contributed by atoms with van der Waals surface area (Å²) in [6, 6.07) is 13.4. The Kier molecular flexibility index (Phi) is 4.95. The number of nitrogens with zero attached hydrogens (tertiary/aromatic N) is 1. The molecule has 1 atom stereocenters. The number of hydrogen-bond acceptors (Lipinski definition) is 2.